The van der Waals surface area contributed by atoms with Crippen LogP contribution in [0.2, 0.25) is 0 Å². The van der Waals surface area contributed by atoms with Crippen LogP contribution in [0.15, 0.2) is 30.6 Å². The van der Waals surface area contributed by atoms with E-state index < -0.39 is 0 Å². The minimum Gasteiger partial charge on any atom is -0.367 e. The maximum Gasteiger partial charge on any atom is 0.159 e. The van der Waals surface area contributed by atoms with E-state index in [2.05, 4.69) is 22.3 Å². The SMILES string of the molecule is CC(=O)c1ccc2c(c1)CCCN2Cc1cnn(C)c1. The van der Waals surface area contributed by atoms with E-state index in [0.717, 1.165) is 31.5 Å². The van der Waals surface area contributed by atoms with Crippen LogP contribution < -0.4 is 4.90 Å². The van der Waals surface area contributed by atoms with Gasteiger partial charge in [-0.15, -0.1) is 0 Å². The minimum atomic E-state index is 0.136. The molecule has 0 radical (unpaired) electrons. The van der Waals surface area contributed by atoms with Gasteiger partial charge in [-0.05, 0) is 43.5 Å². The number of rotatable bonds is 3. The third-order valence-corrected chi connectivity index (χ3v) is 3.83. The van der Waals surface area contributed by atoms with Gasteiger partial charge in [0.1, 0.15) is 0 Å². The largest absolute Gasteiger partial charge is 0.367 e. The Kier molecular flexibility index (Phi) is 3.30. The minimum absolute atomic E-state index is 0.136. The molecular weight excluding hydrogens is 250 g/mol. The van der Waals surface area contributed by atoms with Crippen molar-refractivity contribution in [2.45, 2.75) is 26.3 Å². The van der Waals surface area contributed by atoms with Gasteiger partial charge in [0.05, 0.1) is 6.20 Å². The summed E-state index contributed by atoms with van der Waals surface area (Å²) in [7, 11) is 1.94. The predicted octanol–water partition coefficient (Wildman–Crippen LogP) is 2.58. The number of fused-ring (bicyclic) bond motifs is 1. The van der Waals surface area contributed by atoms with E-state index in [4.69, 9.17) is 0 Å². The van der Waals surface area contributed by atoms with Gasteiger partial charge in [0.2, 0.25) is 0 Å². The molecule has 4 heteroatoms. The van der Waals surface area contributed by atoms with Gasteiger partial charge in [-0.2, -0.15) is 5.10 Å². The molecule has 0 N–H and O–H groups in total. The number of aryl methyl sites for hydroxylation is 2. The number of benzene rings is 1. The zero-order valence-electron chi connectivity index (χ0n) is 12.0. The molecule has 2 heterocycles. The zero-order chi connectivity index (χ0) is 14.1. The Hall–Kier alpha value is -2.10. The highest BCUT2D eigenvalue weighted by molar-refractivity contribution is 5.94. The number of aromatic nitrogens is 2. The van der Waals surface area contributed by atoms with E-state index >= 15 is 0 Å². The number of anilines is 1. The highest BCUT2D eigenvalue weighted by Crippen LogP contribution is 2.29. The maximum absolute atomic E-state index is 11.5. The van der Waals surface area contributed by atoms with Crippen molar-refractivity contribution in [2.75, 3.05) is 11.4 Å². The quantitative estimate of drug-likeness (QED) is 0.804. The molecule has 4 nitrogen and oxygen atoms in total. The third-order valence-electron chi connectivity index (χ3n) is 3.83. The van der Waals surface area contributed by atoms with E-state index in [1.165, 1.54) is 16.8 Å². The molecule has 3 rings (SSSR count). The van der Waals surface area contributed by atoms with Crippen molar-refractivity contribution in [3.05, 3.63) is 47.3 Å². The van der Waals surface area contributed by atoms with Crippen LogP contribution in [0.25, 0.3) is 0 Å². The van der Waals surface area contributed by atoms with Crippen LogP contribution >= 0.6 is 0 Å². The molecule has 20 heavy (non-hydrogen) atoms. The fourth-order valence-corrected chi connectivity index (χ4v) is 2.83. The van der Waals surface area contributed by atoms with Gasteiger partial charge in [-0.25, -0.2) is 0 Å². The summed E-state index contributed by atoms with van der Waals surface area (Å²) in [5, 5.41) is 4.22. The monoisotopic (exact) mass is 269 g/mol. The van der Waals surface area contributed by atoms with E-state index in [1.54, 1.807) is 6.92 Å². The molecule has 0 saturated heterocycles. The lowest BCUT2D eigenvalue weighted by atomic mass is 9.98. The van der Waals surface area contributed by atoms with Gasteiger partial charge in [-0.1, -0.05) is 0 Å². The summed E-state index contributed by atoms with van der Waals surface area (Å²) in [5.74, 6) is 0.136. The molecule has 1 aromatic carbocycles. The molecule has 1 aromatic heterocycles. The van der Waals surface area contributed by atoms with E-state index in [1.807, 2.05) is 30.1 Å². The molecule has 0 unspecified atom stereocenters. The average Bonchev–Trinajstić information content (AvgIpc) is 2.84. The number of carbonyl (C=O) groups excluding carboxylic acids is 1. The Labute approximate surface area is 119 Å². The van der Waals surface area contributed by atoms with Crippen molar-refractivity contribution in [1.82, 2.24) is 9.78 Å². The molecule has 1 aliphatic heterocycles. The first-order chi connectivity index (χ1) is 9.63. The van der Waals surface area contributed by atoms with Crippen molar-refractivity contribution < 1.29 is 4.79 Å². The molecule has 0 aliphatic carbocycles. The summed E-state index contributed by atoms with van der Waals surface area (Å²) >= 11 is 0. The van der Waals surface area contributed by atoms with Gasteiger partial charge < -0.3 is 4.90 Å². The Morgan fingerprint density at radius 1 is 1.40 bits per heavy atom. The summed E-state index contributed by atoms with van der Waals surface area (Å²) in [5.41, 5.74) is 4.57. The Balaban J connectivity index is 1.88. The molecule has 0 saturated carbocycles. The molecule has 0 bridgehead atoms. The van der Waals surface area contributed by atoms with Crippen LogP contribution in [0.4, 0.5) is 5.69 Å². The van der Waals surface area contributed by atoms with Crippen molar-refractivity contribution in [3.8, 4) is 0 Å². The smallest absolute Gasteiger partial charge is 0.159 e. The average molecular weight is 269 g/mol. The lowest BCUT2D eigenvalue weighted by Gasteiger charge is -2.31. The standard InChI is InChI=1S/C16H19N3O/c1-12(20)14-5-6-16-15(8-14)4-3-7-19(16)11-13-9-17-18(2)10-13/h5-6,8-10H,3-4,7,11H2,1-2H3. The predicted molar refractivity (Wildman–Crippen MR) is 79.0 cm³/mol. The first-order valence-electron chi connectivity index (χ1n) is 7.00. The highest BCUT2D eigenvalue weighted by Gasteiger charge is 2.18. The molecule has 0 amide bonds. The first kappa shape index (κ1) is 12.9. The number of hydrogen-bond acceptors (Lipinski definition) is 3. The topological polar surface area (TPSA) is 38.1 Å². The van der Waals surface area contributed by atoms with Crippen molar-refractivity contribution in [3.63, 3.8) is 0 Å². The zero-order valence-corrected chi connectivity index (χ0v) is 12.0. The third kappa shape index (κ3) is 2.46. The van der Waals surface area contributed by atoms with E-state index in [-0.39, 0.29) is 5.78 Å². The number of nitrogens with zero attached hydrogens (tertiary/aromatic N) is 3. The summed E-state index contributed by atoms with van der Waals surface area (Å²) in [6, 6.07) is 6.07. The molecule has 0 spiro atoms. The van der Waals surface area contributed by atoms with Gasteiger partial charge in [0.25, 0.3) is 0 Å². The summed E-state index contributed by atoms with van der Waals surface area (Å²) < 4.78 is 1.83. The molecule has 2 aromatic rings. The van der Waals surface area contributed by atoms with Crippen LogP contribution in [0.1, 0.15) is 34.8 Å². The summed E-state index contributed by atoms with van der Waals surface area (Å²) in [6.07, 6.45) is 6.16. The molecular formula is C16H19N3O. The summed E-state index contributed by atoms with van der Waals surface area (Å²) in [4.78, 5) is 13.9. The van der Waals surface area contributed by atoms with Crippen molar-refractivity contribution in [2.24, 2.45) is 7.05 Å². The van der Waals surface area contributed by atoms with Crippen LogP contribution in [0.5, 0.6) is 0 Å². The molecule has 0 fully saturated rings. The van der Waals surface area contributed by atoms with Crippen LogP contribution in [0.3, 0.4) is 0 Å². The summed E-state index contributed by atoms with van der Waals surface area (Å²) in [6.45, 7) is 3.56. The van der Waals surface area contributed by atoms with Gasteiger partial charge in [-0.3, -0.25) is 9.48 Å². The normalized spacial score (nSPS) is 14.2. The second-order valence-corrected chi connectivity index (χ2v) is 5.45. The number of carbonyl (C=O) groups is 1. The number of ketones is 1. The van der Waals surface area contributed by atoms with Crippen molar-refractivity contribution in [1.29, 1.82) is 0 Å². The molecule has 104 valence electrons. The molecule has 1 aliphatic rings. The van der Waals surface area contributed by atoms with Gasteiger partial charge in [0.15, 0.2) is 5.78 Å². The van der Waals surface area contributed by atoms with Gasteiger partial charge in [0, 0.05) is 43.1 Å². The number of hydrogen-bond donors (Lipinski definition) is 0. The fourth-order valence-electron chi connectivity index (χ4n) is 2.83. The van der Waals surface area contributed by atoms with Gasteiger partial charge >= 0.3 is 0 Å². The van der Waals surface area contributed by atoms with Crippen LogP contribution in [0, 0.1) is 0 Å². The second-order valence-electron chi connectivity index (χ2n) is 5.45. The fraction of sp³-hybridized carbons (Fsp3) is 0.375. The Morgan fingerprint density at radius 2 is 2.25 bits per heavy atom. The Bertz CT molecular complexity index is 645. The van der Waals surface area contributed by atoms with E-state index in [0.29, 0.717) is 0 Å². The maximum atomic E-state index is 11.5. The van der Waals surface area contributed by atoms with E-state index in [9.17, 15) is 4.79 Å². The highest BCUT2D eigenvalue weighted by atomic mass is 16.1. The Morgan fingerprint density at radius 3 is 2.95 bits per heavy atom. The van der Waals surface area contributed by atoms with Crippen molar-refractivity contribution >= 4 is 11.5 Å². The number of Topliss-reactive ketones (excluding diaryl/α,β-unsaturated/α-hetero) is 1. The second kappa shape index (κ2) is 5.12. The molecule has 0 atom stereocenters. The lowest BCUT2D eigenvalue weighted by Crippen LogP contribution is -2.28. The van der Waals surface area contributed by atoms with Crippen LogP contribution in [-0.4, -0.2) is 22.1 Å². The lowest BCUT2D eigenvalue weighted by molar-refractivity contribution is 0.101. The first-order valence-corrected chi connectivity index (χ1v) is 7.00. The van der Waals surface area contributed by atoms with Crippen LogP contribution in [-0.2, 0) is 20.0 Å².